The van der Waals surface area contributed by atoms with Crippen LogP contribution in [0, 0.1) is 0 Å². The number of hydrogen-bond donors (Lipinski definition) is 2. The number of amides is 2. The topological polar surface area (TPSA) is 61.8 Å². The molecular weight excluding hydrogens is 256 g/mol. The van der Waals surface area contributed by atoms with Gasteiger partial charge in [-0.25, -0.2) is 4.79 Å². The number of nitrogens with one attached hydrogen (secondary N) is 1. The minimum atomic E-state index is -0.186. The summed E-state index contributed by atoms with van der Waals surface area (Å²) in [5, 5.41) is 11.8. The van der Waals surface area contributed by atoms with Crippen LogP contribution in [0.3, 0.4) is 0 Å². The molecule has 5 heteroatoms. The van der Waals surface area contributed by atoms with Gasteiger partial charge < -0.3 is 20.1 Å². The highest BCUT2D eigenvalue weighted by Crippen LogP contribution is 2.12. The molecule has 0 aliphatic carbocycles. The minimum absolute atomic E-state index is 0.0300. The summed E-state index contributed by atoms with van der Waals surface area (Å²) >= 11 is 0. The number of ether oxygens (including phenoxy) is 1. The second-order valence-corrected chi connectivity index (χ2v) is 4.48. The first-order valence-corrected chi connectivity index (χ1v) is 7.04. The van der Waals surface area contributed by atoms with Gasteiger partial charge in [-0.3, -0.25) is 0 Å². The number of nitrogens with zero attached hydrogens (tertiary/aromatic N) is 1. The molecule has 0 atom stereocenters. The van der Waals surface area contributed by atoms with Crippen molar-refractivity contribution in [3.8, 4) is 0 Å². The second-order valence-electron chi connectivity index (χ2n) is 4.48. The number of hydrogen-bond acceptors (Lipinski definition) is 3. The van der Waals surface area contributed by atoms with Gasteiger partial charge in [0, 0.05) is 25.4 Å². The molecule has 0 aliphatic rings. The highest BCUT2D eigenvalue weighted by atomic mass is 16.5. The summed E-state index contributed by atoms with van der Waals surface area (Å²) in [6.45, 7) is 6.09. The summed E-state index contributed by atoms with van der Waals surface area (Å²) in [5.74, 6) is 0. The molecule has 1 aromatic rings. The molecule has 1 rings (SSSR count). The number of benzene rings is 1. The Morgan fingerprint density at radius 3 is 2.80 bits per heavy atom. The maximum absolute atomic E-state index is 12.1. The summed E-state index contributed by atoms with van der Waals surface area (Å²) in [5.41, 5.74) is 1.76. The number of aliphatic hydroxyl groups excluding tert-OH is 1. The van der Waals surface area contributed by atoms with E-state index in [1.165, 1.54) is 0 Å². The molecule has 20 heavy (non-hydrogen) atoms. The number of carbonyl (C=O) groups is 1. The van der Waals surface area contributed by atoms with Crippen LogP contribution in [-0.2, 0) is 11.3 Å². The highest BCUT2D eigenvalue weighted by molar-refractivity contribution is 5.89. The second kappa shape index (κ2) is 9.34. The third-order valence-electron chi connectivity index (χ3n) is 2.80. The van der Waals surface area contributed by atoms with Crippen molar-refractivity contribution < 1.29 is 14.6 Å². The average Bonchev–Trinajstić information content (AvgIpc) is 2.45. The SMILES string of the molecule is CCCN(CCO)C(=O)Nc1cccc(COCC)c1. The van der Waals surface area contributed by atoms with Gasteiger partial charge in [0.1, 0.15) is 0 Å². The third kappa shape index (κ3) is 5.59. The Morgan fingerprint density at radius 1 is 1.35 bits per heavy atom. The smallest absolute Gasteiger partial charge is 0.321 e. The van der Waals surface area contributed by atoms with Gasteiger partial charge in [0.2, 0.25) is 0 Å². The van der Waals surface area contributed by atoms with Gasteiger partial charge in [-0.05, 0) is 31.0 Å². The number of carbonyl (C=O) groups excluding carboxylic acids is 1. The standard InChI is InChI=1S/C15H24N2O3/c1-3-8-17(9-10-18)15(19)16-14-7-5-6-13(11-14)12-20-4-2/h5-7,11,18H,3-4,8-10,12H2,1-2H3,(H,16,19). The Morgan fingerprint density at radius 2 is 2.15 bits per heavy atom. The first-order valence-electron chi connectivity index (χ1n) is 7.04. The van der Waals surface area contributed by atoms with Crippen LogP contribution in [0.1, 0.15) is 25.8 Å². The fourth-order valence-corrected chi connectivity index (χ4v) is 1.87. The molecule has 1 aromatic carbocycles. The molecule has 0 bridgehead atoms. The van der Waals surface area contributed by atoms with E-state index in [1.807, 2.05) is 38.1 Å². The van der Waals surface area contributed by atoms with Crippen molar-refractivity contribution in [1.29, 1.82) is 0 Å². The third-order valence-corrected chi connectivity index (χ3v) is 2.80. The molecule has 0 unspecified atom stereocenters. The van der Waals surface area contributed by atoms with Crippen molar-refractivity contribution in [3.05, 3.63) is 29.8 Å². The van der Waals surface area contributed by atoms with Crippen LogP contribution in [0.4, 0.5) is 10.5 Å². The van der Waals surface area contributed by atoms with Gasteiger partial charge in [-0.1, -0.05) is 19.1 Å². The van der Waals surface area contributed by atoms with Gasteiger partial charge in [-0.15, -0.1) is 0 Å². The van der Waals surface area contributed by atoms with Crippen molar-refractivity contribution in [3.63, 3.8) is 0 Å². The summed E-state index contributed by atoms with van der Waals surface area (Å²) in [4.78, 5) is 13.7. The Balaban J connectivity index is 2.63. The van der Waals surface area contributed by atoms with Gasteiger partial charge in [0.15, 0.2) is 0 Å². The van der Waals surface area contributed by atoms with Crippen molar-refractivity contribution in [2.75, 3.05) is 31.6 Å². The molecule has 0 heterocycles. The van der Waals surface area contributed by atoms with Crippen LogP contribution >= 0.6 is 0 Å². The van der Waals surface area contributed by atoms with Crippen molar-refractivity contribution in [1.82, 2.24) is 4.90 Å². The average molecular weight is 280 g/mol. The normalized spacial score (nSPS) is 10.3. The first kappa shape index (κ1) is 16.5. The molecule has 0 saturated heterocycles. The minimum Gasteiger partial charge on any atom is -0.395 e. The Hall–Kier alpha value is -1.59. The van der Waals surface area contributed by atoms with Gasteiger partial charge in [0.05, 0.1) is 13.2 Å². The lowest BCUT2D eigenvalue weighted by Crippen LogP contribution is -2.37. The highest BCUT2D eigenvalue weighted by Gasteiger charge is 2.11. The van der Waals surface area contributed by atoms with E-state index in [9.17, 15) is 4.79 Å². The van der Waals surface area contributed by atoms with E-state index < -0.39 is 0 Å². The fourth-order valence-electron chi connectivity index (χ4n) is 1.87. The molecule has 2 amide bonds. The van der Waals surface area contributed by atoms with E-state index in [-0.39, 0.29) is 12.6 Å². The maximum Gasteiger partial charge on any atom is 0.321 e. The molecule has 5 nitrogen and oxygen atoms in total. The largest absolute Gasteiger partial charge is 0.395 e. The van der Waals surface area contributed by atoms with E-state index in [2.05, 4.69) is 5.32 Å². The van der Waals surface area contributed by atoms with E-state index in [0.29, 0.717) is 26.3 Å². The van der Waals surface area contributed by atoms with Crippen LogP contribution in [0.25, 0.3) is 0 Å². The summed E-state index contributed by atoms with van der Waals surface area (Å²) in [7, 11) is 0. The monoisotopic (exact) mass is 280 g/mol. The molecule has 0 aromatic heterocycles. The van der Waals surface area contributed by atoms with Gasteiger partial charge >= 0.3 is 6.03 Å². The van der Waals surface area contributed by atoms with Crippen molar-refractivity contribution >= 4 is 11.7 Å². The zero-order chi connectivity index (χ0) is 14.8. The number of urea groups is 1. The van der Waals surface area contributed by atoms with E-state index in [0.717, 1.165) is 17.7 Å². The van der Waals surface area contributed by atoms with E-state index in [4.69, 9.17) is 9.84 Å². The zero-order valence-electron chi connectivity index (χ0n) is 12.3. The molecule has 0 saturated carbocycles. The zero-order valence-corrected chi connectivity index (χ0v) is 12.3. The van der Waals surface area contributed by atoms with Crippen molar-refractivity contribution in [2.45, 2.75) is 26.9 Å². The summed E-state index contributed by atoms with van der Waals surface area (Å²) in [6, 6.07) is 7.41. The lowest BCUT2D eigenvalue weighted by atomic mass is 10.2. The molecule has 112 valence electrons. The first-order chi connectivity index (χ1) is 9.71. The van der Waals surface area contributed by atoms with Crippen LogP contribution in [0.15, 0.2) is 24.3 Å². The van der Waals surface area contributed by atoms with Crippen LogP contribution < -0.4 is 5.32 Å². The Kier molecular flexibility index (Phi) is 7.69. The maximum atomic E-state index is 12.1. The lowest BCUT2D eigenvalue weighted by molar-refractivity contribution is 0.134. The van der Waals surface area contributed by atoms with E-state index >= 15 is 0 Å². The van der Waals surface area contributed by atoms with Crippen LogP contribution in [-0.4, -0.2) is 42.3 Å². The molecule has 0 fully saturated rings. The fraction of sp³-hybridized carbons (Fsp3) is 0.533. The van der Waals surface area contributed by atoms with Gasteiger partial charge in [-0.2, -0.15) is 0 Å². The summed E-state index contributed by atoms with van der Waals surface area (Å²) < 4.78 is 5.35. The van der Waals surface area contributed by atoms with Crippen LogP contribution in [0.5, 0.6) is 0 Å². The van der Waals surface area contributed by atoms with E-state index in [1.54, 1.807) is 4.90 Å². The molecule has 2 N–H and O–H groups in total. The molecule has 0 radical (unpaired) electrons. The molecular formula is C15H24N2O3. The predicted molar refractivity (Wildman–Crippen MR) is 79.7 cm³/mol. The molecule has 0 spiro atoms. The lowest BCUT2D eigenvalue weighted by Gasteiger charge is -2.21. The number of rotatable bonds is 8. The quantitative estimate of drug-likeness (QED) is 0.769. The summed E-state index contributed by atoms with van der Waals surface area (Å²) in [6.07, 6.45) is 0.859. The molecule has 0 aliphatic heterocycles. The van der Waals surface area contributed by atoms with Crippen molar-refractivity contribution in [2.24, 2.45) is 0 Å². The van der Waals surface area contributed by atoms with Gasteiger partial charge in [0.25, 0.3) is 0 Å². The Bertz CT molecular complexity index is 404. The number of anilines is 1. The Labute approximate surface area is 120 Å². The predicted octanol–water partition coefficient (Wildman–Crippen LogP) is 2.46. The van der Waals surface area contributed by atoms with Crippen LogP contribution in [0.2, 0.25) is 0 Å². The number of aliphatic hydroxyl groups is 1.